The maximum absolute atomic E-state index is 13.7. The first kappa shape index (κ1) is 19.3. The smallest absolute Gasteiger partial charge is 0.251 e. The van der Waals surface area contributed by atoms with Gasteiger partial charge in [0.15, 0.2) is 0 Å². The van der Waals surface area contributed by atoms with E-state index in [0.717, 1.165) is 11.2 Å². The zero-order valence-corrected chi connectivity index (χ0v) is 16.0. The van der Waals surface area contributed by atoms with Crippen LogP contribution in [0, 0.1) is 5.82 Å². The molecule has 6 nitrogen and oxygen atoms in total. The number of hydrogen-bond donors (Lipinski definition) is 2. The predicted molar refractivity (Wildman–Crippen MR) is 112 cm³/mol. The predicted octanol–water partition coefficient (Wildman–Crippen LogP) is 3.58. The van der Waals surface area contributed by atoms with E-state index >= 15 is 0 Å². The highest BCUT2D eigenvalue weighted by Crippen LogP contribution is 2.13. The number of benzene rings is 2. The van der Waals surface area contributed by atoms with E-state index in [1.165, 1.54) is 6.07 Å². The normalized spacial score (nSPS) is 10.7. The maximum atomic E-state index is 13.7. The lowest BCUT2D eigenvalue weighted by molar-refractivity contribution is -0.115. The highest BCUT2D eigenvalue weighted by Gasteiger charge is 2.10. The summed E-state index contributed by atoms with van der Waals surface area (Å²) in [4.78, 5) is 28.7. The fourth-order valence-electron chi connectivity index (χ4n) is 3.07. The Bertz CT molecular complexity index is 1200. The number of pyridine rings is 1. The topological polar surface area (TPSA) is 75.5 Å². The van der Waals surface area contributed by atoms with Crippen molar-refractivity contribution in [2.24, 2.45) is 0 Å². The molecule has 2 heterocycles. The van der Waals surface area contributed by atoms with Crippen LogP contribution in [0.1, 0.15) is 21.5 Å². The Labute approximate surface area is 172 Å². The largest absolute Gasteiger partial charge is 0.348 e. The van der Waals surface area contributed by atoms with Gasteiger partial charge in [0.1, 0.15) is 11.5 Å². The summed E-state index contributed by atoms with van der Waals surface area (Å²) < 4.78 is 15.6. The number of carbonyl (C=O) groups excluding carboxylic acids is 2. The van der Waals surface area contributed by atoms with Crippen LogP contribution in [-0.2, 0) is 17.8 Å². The molecule has 2 amide bonds. The van der Waals surface area contributed by atoms with E-state index in [1.54, 1.807) is 48.7 Å². The summed E-state index contributed by atoms with van der Waals surface area (Å²) in [5, 5.41) is 5.58. The van der Waals surface area contributed by atoms with Crippen LogP contribution in [0.3, 0.4) is 0 Å². The molecule has 4 aromatic rings. The van der Waals surface area contributed by atoms with Crippen molar-refractivity contribution in [2.75, 3.05) is 5.32 Å². The van der Waals surface area contributed by atoms with Crippen molar-refractivity contribution < 1.29 is 14.0 Å². The van der Waals surface area contributed by atoms with E-state index in [2.05, 4.69) is 15.6 Å². The van der Waals surface area contributed by atoms with E-state index in [0.29, 0.717) is 23.4 Å². The van der Waals surface area contributed by atoms with E-state index in [-0.39, 0.29) is 18.2 Å². The number of nitrogens with zero attached hydrogens (tertiary/aromatic N) is 2. The molecule has 30 heavy (non-hydrogen) atoms. The number of fused-ring (bicyclic) bond motifs is 1. The van der Waals surface area contributed by atoms with Gasteiger partial charge in [-0.05, 0) is 53.6 Å². The fourth-order valence-corrected chi connectivity index (χ4v) is 3.07. The monoisotopic (exact) mass is 402 g/mol. The standard InChI is InChI=1S/C23H19FN4O2/c24-20-4-2-1-3-18(20)14-22(29)27-19-7-5-17(6-8-19)23(30)26-15-16-9-11-28-12-10-25-21(28)13-16/h1-13H,14-15H2,(H,26,30)(H,27,29). The summed E-state index contributed by atoms with van der Waals surface area (Å²) in [6.45, 7) is 0.378. The van der Waals surface area contributed by atoms with Gasteiger partial charge in [0, 0.05) is 36.4 Å². The van der Waals surface area contributed by atoms with Crippen LogP contribution in [0.25, 0.3) is 5.65 Å². The Kier molecular flexibility index (Phi) is 5.52. The van der Waals surface area contributed by atoms with E-state index < -0.39 is 5.82 Å². The summed E-state index contributed by atoms with van der Waals surface area (Å²) >= 11 is 0. The minimum atomic E-state index is -0.411. The molecule has 2 aromatic heterocycles. The van der Waals surface area contributed by atoms with Crippen LogP contribution in [-0.4, -0.2) is 21.2 Å². The molecule has 0 saturated heterocycles. The summed E-state index contributed by atoms with van der Waals surface area (Å²) in [5.74, 6) is -0.958. The molecule has 0 saturated carbocycles. The number of anilines is 1. The third-order valence-corrected chi connectivity index (χ3v) is 4.66. The maximum Gasteiger partial charge on any atom is 0.251 e. The molecule has 2 N–H and O–H groups in total. The molecule has 0 bridgehead atoms. The van der Waals surface area contributed by atoms with E-state index in [4.69, 9.17) is 0 Å². The van der Waals surface area contributed by atoms with Gasteiger partial charge in [-0.1, -0.05) is 18.2 Å². The molecular formula is C23H19FN4O2. The quantitative estimate of drug-likeness (QED) is 0.518. The second-order valence-corrected chi connectivity index (χ2v) is 6.80. The van der Waals surface area contributed by atoms with Crippen LogP contribution in [0.15, 0.2) is 79.3 Å². The SMILES string of the molecule is O=C(Cc1ccccc1F)Nc1ccc(C(=O)NCc2ccn3ccnc3c2)cc1. The summed E-state index contributed by atoms with van der Waals surface area (Å²) in [6, 6.07) is 16.5. The molecule has 0 atom stereocenters. The molecule has 7 heteroatoms. The number of aromatic nitrogens is 2. The van der Waals surface area contributed by atoms with Gasteiger partial charge in [0.25, 0.3) is 5.91 Å². The molecule has 2 aromatic carbocycles. The number of rotatable bonds is 6. The Hall–Kier alpha value is -4.00. The second kappa shape index (κ2) is 8.57. The van der Waals surface area contributed by atoms with Crippen molar-refractivity contribution in [1.29, 1.82) is 0 Å². The first-order chi connectivity index (χ1) is 14.6. The van der Waals surface area contributed by atoms with Crippen molar-refractivity contribution in [3.05, 3.63) is 102 Å². The van der Waals surface area contributed by atoms with Crippen LogP contribution in [0.4, 0.5) is 10.1 Å². The lowest BCUT2D eigenvalue weighted by Crippen LogP contribution is -2.23. The third kappa shape index (κ3) is 4.52. The first-order valence-corrected chi connectivity index (χ1v) is 9.41. The summed E-state index contributed by atoms with van der Waals surface area (Å²) in [7, 11) is 0. The fraction of sp³-hybridized carbons (Fsp3) is 0.0870. The van der Waals surface area contributed by atoms with Crippen LogP contribution < -0.4 is 10.6 Å². The third-order valence-electron chi connectivity index (χ3n) is 4.66. The molecule has 0 radical (unpaired) electrons. The van der Waals surface area contributed by atoms with Gasteiger partial charge in [-0.25, -0.2) is 9.37 Å². The van der Waals surface area contributed by atoms with Crippen molar-refractivity contribution in [3.8, 4) is 0 Å². The molecule has 0 unspecified atom stereocenters. The van der Waals surface area contributed by atoms with E-state index in [9.17, 15) is 14.0 Å². The number of hydrogen-bond acceptors (Lipinski definition) is 3. The Morgan fingerprint density at radius 2 is 1.80 bits per heavy atom. The Balaban J connectivity index is 1.32. The minimum absolute atomic E-state index is 0.0597. The second-order valence-electron chi connectivity index (χ2n) is 6.80. The molecule has 4 rings (SSSR count). The molecular weight excluding hydrogens is 383 g/mol. The number of carbonyl (C=O) groups is 2. The minimum Gasteiger partial charge on any atom is -0.348 e. The number of halogens is 1. The molecule has 0 aliphatic rings. The van der Waals surface area contributed by atoms with Crippen LogP contribution >= 0.6 is 0 Å². The average molecular weight is 402 g/mol. The summed E-state index contributed by atoms with van der Waals surface area (Å²) in [5.41, 5.74) is 3.11. The zero-order valence-electron chi connectivity index (χ0n) is 16.0. The number of nitrogens with one attached hydrogen (secondary N) is 2. The Morgan fingerprint density at radius 3 is 2.60 bits per heavy atom. The first-order valence-electron chi connectivity index (χ1n) is 9.41. The Morgan fingerprint density at radius 1 is 1.00 bits per heavy atom. The lowest BCUT2D eigenvalue weighted by Gasteiger charge is -2.08. The van der Waals surface area contributed by atoms with Crippen LogP contribution in [0.2, 0.25) is 0 Å². The van der Waals surface area contributed by atoms with Gasteiger partial charge in [-0.3, -0.25) is 9.59 Å². The molecule has 0 aliphatic heterocycles. The average Bonchev–Trinajstić information content (AvgIpc) is 3.22. The number of amides is 2. The summed E-state index contributed by atoms with van der Waals surface area (Å²) in [6.07, 6.45) is 5.40. The van der Waals surface area contributed by atoms with Crippen molar-refractivity contribution in [1.82, 2.24) is 14.7 Å². The van der Waals surface area contributed by atoms with Crippen molar-refractivity contribution >= 4 is 23.1 Å². The van der Waals surface area contributed by atoms with Gasteiger partial charge in [0.2, 0.25) is 5.91 Å². The van der Waals surface area contributed by atoms with Gasteiger partial charge in [0.05, 0.1) is 6.42 Å². The highest BCUT2D eigenvalue weighted by molar-refractivity contribution is 5.96. The molecule has 0 aliphatic carbocycles. The van der Waals surface area contributed by atoms with Gasteiger partial charge in [-0.15, -0.1) is 0 Å². The number of imidazole rings is 1. The van der Waals surface area contributed by atoms with Gasteiger partial charge < -0.3 is 15.0 Å². The lowest BCUT2D eigenvalue weighted by atomic mass is 10.1. The van der Waals surface area contributed by atoms with Gasteiger partial charge >= 0.3 is 0 Å². The van der Waals surface area contributed by atoms with Gasteiger partial charge in [-0.2, -0.15) is 0 Å². The zero-order chi connectivity index (χ0) is 20.9. The van der Waals surface area contributed by atoms with E-state index in [1.807, 2.05) is 28.9 Å². The molecule has 150 valence electrons. The molecule has 0 fully saturated rings. The van der Waals surface area contributed by atoms with Crippen molar-refractivity contribution in [3.63, 3.8) is 0 Å². The van der Waals surface area contributed by atoms with Crippen LogP contribution in [0.5, 0.6) is 0 Å². The molecule has 0 spiro atoms. The highest BCUT2D eigenvalue weighted by atomic mass is 19.1. The van der Waals surface area contributed by atoms with Crippen molar-refractivity contribution in [2.45, 2.75) is 13.0 Å².